The summed E-state index contributed by atoms with van der Waals surface area (Å²) in [6.07, 6.45) is 13.4. The molecule has 4 rings (SSSR count). The molecule has 2 N–H and O–H groups in total. The van der Waals surface area contributed by atoms with Crippen LogP contribution in [0.15, 0.2) is 11.6 Å². The van der Waals surface area contributed by atoms with E-state index in [1.54, 1.807) is 5.57 Å². The van der Waals surface area contributed by atoms with Crippen LogP contribution in [0.1, 0.15) is 121 Å². The Morgan fingerprint density at radius 2 is 1.58 bits per heavy atom. The zero-order valence-corrected chi connectivity index (χ0v) is 22.5. The number of fused-ring (bicyclic) bond motifs is 5. The van der Waals surface area contributed by atoms with E-state index >= 15 is 0 Å². The van der Waals surface area contributed by atoms with E-state index in [-0.39, 0.29) is 19.6 Å². The summed E-state index contributed by atoms with van der Waals surface area (Å²) in [5.74, 6) is 4.67. The molecule has 33 heavy (non-hydrogen) atoms. The Bertz CT molecular complexity index is 653. The summed E-state index contributed by atoms with van der Waals surface area (Å²) in [4.78, 5) is 0. The average molecular weight is 463 g/mol. The Hall–Kier alpha value is -0.340. The van der Waals surface area contributed by atoms with Gasteiger partial charge in [-0.05, 0) is 104 Å². The summed E-state index contributed by atoms with van der Waals surface area (Å²) in [6, 6.07) is 0. The molecule has 3 fully saturated rings. The average Bonchev–Trinajstić information content (AvgIpc) is 3.12. The van der Waals surface area contributed by atoms with Crippen LogP contribution in [0.2, 0.25) is 0 Å². The minimum atomic E-state index is -0.141. The highest BCUT2D eigenvalue weighted by molar-refractivity contribution is 5.25. The van der Waals surface area contributed by atoms with E-state index in [1.165, 1.54) is 44.9 Å². The third-order valence-corrected chi connectivity index (χ3v) is 11.1. The molecule has 0 amide bonds. The molecule has 0 saturated heterocycles. The Morgan fingerprint density at radius 1 is 0.939 bits per heavy atom. The predicted molar refractivity (Wildman–Crippen MR) is 143 cm³/mol. The second kappa shape index (κ2) is 11.2. The summed E-state index contributed by atoms with van der Waals surface area (Å²) in [5, 5.41) is 20.8. The molecule has 7 unspecified atom stereocenters. The Balaban J connectivity index is 0.00000125. The van der Waals surface area contributed by atoms with Crippen molar-refractivity contribution in [1.29, 1.82) is 0 Å². The maximum absolute atomic E-state index is 10.4. The van der Waals surface area contributed by atoms with Crippen LogP contribution in [0.3, 0.4) is 0 Å². The lowest BCUT2D eigenvalue weighted by Crippen LogP contribution is -2.53. The summed E-state index contributed by atoms with van der Waals surface area (Å²) in [5.41, 5.74) is 2.52. The maximum Gasteiger partial charge on any atom is 0.0603 e. The lowest BCUT2D eigenvalue weighted by atomic mass is 9.44. The third-order valence-electron chi connectivity index (χ3n) is 11.1. The van der Waals surface area contributed by atoms with E-state index < -0.39 is 0 Å². The van der Waals surface area contributed by atoms with Crippen molar-refractivity contribution in [2.75, 3.05) is 0 Å². The van der Waals surface area contributed by atoms with Gasteiger partial charge in [0.25, 0.3) is 0 Å². The number of aliphatic hydroxyl groups excluding tert-OH is 2. The van der Waals surface area contributed by atoms with Crippen molar-refractivity contribution < 1.29 is 10.2 Å². The molecular weight excluding hydrogens is 404 g/mol. The molecule has 4 aliphatic rings. The van der Waals surface area contributed by atoms with Gasteiger partial charge in [-0.3, -0.25) is 0 Å². The van der Waals surface area contributed by atoms with Crippen molar-refractivity contribution in [1.82, 2.24) is 0 Å². The fraction of sp³-hybridized carbons (Fsp3) is 0.935. The van der Waals surface area contributed by atoms with Crippen LogP contribution in [-0.2, 0) is 0 Å². The highest BCUT2D eigenvalue weighted by Crippen LogP contribution is 2.69. The number of rotatable bonds is 5. The third kappa shape index (κ3) is 5.00. The zero-order valence-electron chi connectivity index (χ0n) is 22.5. The van der Waals surface area contributed by atoms with Crippen molar-refractivity contribution in [2.45, 2.75) is 133 Å². The molecule has 3 saturated carbocycles. The second-order valence-electron chi connectivity index (χ2n) is 12.7. The van der Waals surface area contributed by atoms with Crippen LogP contribution >= 0.6 is 0 Å². The molecule has 0 aromatic rings. The Labute approximate surface area is 207 Å². The topological polar surface area (TPSA) is 40.5 Å². The molecule has 0 aliphatic heterocycles. The van der Waals surface area contributed by atoms with Gasteiger partial charge in [0.05, 0.1) is 12.2 Å². The Morgan fingerprint density at radius 3 is 2.21 bits per heavy atom. The first-order valence-corrected chi connectivity index (χ1v) is 14.2. The Kier molecular flexibility index (Phi) is 9.76. The predicted octanol–water partition coefficient (Wildman–Crippen LogP) is 8.27. The van der Waals surface area contributed by atoms with Crippen molar-refractivity contribution in [3.05, 3.63) is 11.6 Å². The van der Waals surface area contributed by atoms with Gasteiger partial charge in [0.1, 0.15) is 0 Å². The van der Waals surface area contributed by atoms with Crippen molar-refractivity contribution >= 4 is 0 Å². The normalized spacial score (nSPS) is 43.7. The van der Waals surface area contributed by atoms with Crippen molar-refractivity contribution in [3.8, 4) is 0 Å². The SMILES string of the molecule is C.CC.CC(C)C(O)CCC(C)C1CCC2C3CC=C4C(CCC(O)[C@@H]4C)[C@]3(C)CC[C@]12C. The van der Waals surface area contributed by atoms with Crippen LogP contribution in [0, 0.1) is 52.3 Å². The van der Waals surface area contributed by atoms with Crippen LogP contribution < -0.4 is 0 Å². The summed E-state index contributed by atoms with van der Waals surface area (Å²) in [7, 11) is 0. The maximum atomic E-state index is 10.4. The largest absolute Gasteiger partial charge is 0.393 e. The molecule has 0 aromatic carbocycles. The van der Waals surface area contributed by atoms with Gasteiger partial charge in [-0.25, -0.2) is 0 Å². The summed E-state index contributed by atoms with van der Waals surface area (Å²) < 4.78 is 0. The van der Waals surface area contributed by atoms with Gasteiger partial charge in [-0.2, -0.15) is 0 Å². The first-order valence-electron chi connectivity index (χ1n) is 14.2. The lowest BCUT2D eigenvalue weighted by Gasteiger charge is -2.60. The quantitative estimate of drug-likeness (QED) is 0.404. The number of allylic oxidation sites excluding steroid dienone is 1. The molecule has 0 heterocycles. The highest BCUT2D eigenvalue weighted by atomic mass is 16.3. The molecule has 0 radical (unpaired) electrons. The second-order valence-corrected chi connectivity index (χ2v) is 12.7. The highest BCUT2D eigenvalue weighted by Gasteiger charge is 2.61. The summed E-state index contributed by atoms with van der Waals surface area (Å²) >= 11 is 0. The van der Waals surface area contributed by atoms with E-state index in [0.717, 1.165) is 36.5 Å². The zero-order chi connectivity index (χ0) is 23.8. The number of hydrogen-bond acceptors (Lipinski definition) is 2. The first kappa shape index (κ1) is 28.9. The summed E-state index contributed by atoms with van der Waals surface area (Å²) in [6.45, 7) is 18.3. The van der Waals surface area contributed by atoms with Gasteiger partial charge in [0, 0.05) is 5.92 Å². The number of hydrogen-bond donors (Lipinski definition) is 2. The van der Waals surface area contributed by atoms with Crippen LogP contribution in [-0.4, -0.2) is 22.4 Å². The molecule has 0 bridgehead atoms. The van der Waals surface area contributed by atoms with E-state index in [4.69, 9.17) is 0 Å². The lowest BCUT2D eigenvalue weighted by molar-refractivity contribution is -0.0882. The van der Waals surface area contributed by atoms with Crippen molar-refractivity contribution in [2.24, 2.45) is 52.3 Å². The van der Waals surface area contributed by atoms with Gasteiger partial charge in [-0.1, -0.05) is 74.5 Å². The first-order chi connectivity index (χ1) is 15.1. The minimum absolute atomic E-state index is 0. The minimum Gasteiger partial charge on any atom is -0.393 e. The fourth-order valence-electron chi connectivity index (χ4n) is 8.87. The van der Waals surface area contributed by atoms with Gasteiger partial charge in [0.2, 0.25) is 0 Å². The molecular formula is C31H58O2. The van der Waals surface area contributed by atoms with Gasteiger partial charge in [-0.15, -0.1) is 0 Å². The van der Waals surface area contributed by atoms with E-state index in [9.17, 15) is 10.2 Å². The smallest absolute Gasteiger partial charge is 0.0603 e. The van der Waals surface area contributed by atoms with Crippen molar-refractivity contribution in [3.63, 3.8) is 0 Å². The van der Waals surface area contributed by atoms with Crippen LogP contribution in [0.4, 0.5) is 0 Å². The standard InChI is InChI=1S/C28H48O2.C2H6.CH4/c1-17(2)25(29)13-7-18(3)21-10-11-24-23-9-8-20-19(4)26(30)14-12-22(20)28(23,6)16-15-27(21,24)5;1-2;/h8,17-19,21-26,29-30H,7,9-16H2,1-6H3;1-2H3;1H4/t18?,19-,21?,22?,23?,24?,25?,26?,27-,28+;;/m1../s1. The van der Waals surface area contributed by atoms with Crippen LogP contribution in [0.5, 0.6) is 0 Å². The van der Waals surface area contributed by atoms with Gasteiger partial charge in [0.15, 0.2) is 0 Å². The molecule has 2 heteroatoms. The van der Waals surface area contributed by atoms with E-state index in [0.29, 0.717) is 28.6 Å². The van der Waals surface area contributed by atoms with Crippen LogP contribution in [0.25, 0.3) is 0 Å². The van der Waals surface area contributed by atoms with E-state index in [1.807, 2.05) is 13.8 Å². The fourth-order valence-corrected chi connectivity index (χ4v) is 8.87. The molecule has 4 aliphatic carbocycles. The molecule has 0 spiro atoms. The van der Waals surface area contributed by atoms with Gasteiger partial charge < -0.3 is 10.2 Å². The monoisotopic (exact) mass is 462 g/mol. The molecule has 2 nitrogen and oxygen atoms in total. The number of aliphatic hydroxyl groups is 2. The van der Waals surface area contributed by atoms with Gasteiger partial charge >= 0.3 is 0 Å². The molecule has 194 valence electrons. The van der Waals surface area contributed by atoms with E-state index in [2.05, 4.69) is 47.6 Å². The molecule has 10 atom stereocenters. The molecule has 0 aromatic heterocycles.